The highest BCUT2D eigenvalue weighted by Crippen LogP contribution is 2.21. The van der Waals surface area contributed by atoms with E-state index in [1.165, 1.54) is 0 Å². The van der Waals surface area contributed by atoms with Crippen molar-refractivity contribution < 1.29 is 18.7 Å². The summed E-state index contributed by atoms with van der Waals surface area (Å²) in [5.74, 6) is 1.52. The molecule has 0 aliphatic carbocycles. The van der Waals surface area contributed by atoms with Gasteiger partial charge in [-0.15, -0.1) is 0 Å². The maximum Gasteiger partial charge on any atom is 0.322 e. The van der Waals surface area contributed by atoms with Crippen LogP contribution in [0, 0.1) is 0 Å². The molecule has 148 valence electrons. The molecule has 0 bridgehead atoms. The average Bonchev–Trinajstić information content (AvgIpc) is 3.38. The van der Waals surface area contributed by atoms with Gasteiger partial charge < -0.3 is 24.2 Å². The van der Waals surface area contributed by atoms with Crippen molar-refractivity contribution in [3.05, 3.63) is 78.1 Å². The Kier molecular flexibility index (Phi) is 5.20. The van der Waals surface area contributed by atoms with Crippen LogP contribution < -0.4 is 5.32 Å². The molecule has 0 radical (unpaired) electrons. The number of carbonyl (C=O) groups is 1. The van der Waals surface area contributed by atoms with E-state index in [-0.39, 0.29) is 11.8 Å². The van der Waals surface area contributed by atoms with Gasteiger partial charge in [0.05, 0.1) is 12.8 Å². The molecule has 2 aromatic heterocycles. The first kappa shape index (κ1) is 18.6. The van der Waals surface area contributed by atoms with E-state index in [9.17, 15) is 9.90 Å². The van der Waals surface area contributed by atoms with Gasteiger partial charge in [-0.2, -0.15) is 0 Å². The van der Waals surface area contributed by atoms with Crippen LogP contribution in [0.2, 0.25) is 0 Å². The first-order valence-electron chi connectivity index (χ1n) is 9.36. The summed E-state index contributed by atoms with van der Waals surface area (Å²) in [4.78, 5) is 19.0. The van der Waals surface area contributed by atoms with Crippen molar-refractivity contribution in [2.24, 2.45) is 0 Å². The molecule has 0 aliphatic heterocycles. The molecule has 0 saturated carbocycles. The molecule has 2 heterocycles. The molecular formula is C22H21N3O4. The second-order valence-electron chi connectivity index (χ2n) is 6.68. The van der Waals surface area contributed by atoms with Gasteiger partial charge in [0.25, 0.3) is 0 Å². The third-order valence-electron chi connectivity index (χ3n) is 4.51. The Balaban J connectivity index is 1.54. The molecule has 0 aliphatic rings. The van der Waals surface area contributed by atoms with Crippen molar-refractivity contribution in [3.63, 3.8) is 0 Å². The number of oxazole rings is 1. The highest BCUT2D eigenvalue weighted by atomic mass is 16.3. The fraction of sp³-hybridized carbons (Fsp3) is 0.182. The van der Waals surface area contributed by atoms with Crippen LogP contribution >= 0.6 is 0 Å². The number of anilines is 1. The minimum Gasteiger partial charge on any atom is -0.508 e. The van der Waals surface area contributed by atoms with Gasteiger partial charge in [-0.3, -0.25) is 0 Å². The molecule has 0 unspecified atom stereocenters. The summed E-state index contributed by atoms with van der Waals surface area (Å²) < 4.78 is 11.0. The fourth-order valence-electron chi connectivity index (χ4n) is 3.02. The number of carbonyl (C=O) groups excluding carboxylic acids is 1. The van der Waals surface area contributed by atoms with Crippen molar-refractivity contribution >= 4 is 22.8 Å². The summed E-state index contributed by atoms with van der Waals surface area (Å²) in [7, 11) is 0. The Morgan fingerprint density at radius 1 is 1.14 bits per heavy atom. The molecule has 0 saturated heterocycles. The van der Waals surface area contributed by atoms with E-state index in [0.717, 1.165) is 5.56 Å². The summed E-state index contributed by atoms with van der Waals surface area (Å²) in [6.07, 6.45) is 2.29. The molecule has 2 amide bonds. The second-order valence-corrected chi connectivity index (χ2v) is 6.68. The van der Waals surface area contributed by atoms with Crippen LogP contribution in [-0.4, -0.2) is 21.0 Å². The van der Waals surface area contributed by atoms with Crippen LogP contribution in [-0.2, 0) is 19.5 Å². The van der Waals surface area contributed by atoms with Crippen molar-refractivity contribution in [2.75, 3.05) is 5.32 Å². The number of benzene rings is 2. The molecule has 0 fully saturated rings. The molecule has 4 aromatic rings. The quantitative estimate of drug-likeness (QED) is 0.487. The highest BCUT2D eigenvalue weighted by molar-refractivity contribution is 5.91. The Bertz CT molecular complexity index is 1100. The van der Waals surface area contributed by atoms with E-state index < -0.39 is 0 Å². The lowest BCUT2D eigenvalue weighted by molar-refractivity contribution is 0.201. The Morgan fingerprint density at radius 3 is 2.69 bits per heavy atom. The minimum atomic E-state index is -0.270. The molecule has 2 aromatic carbocycles. The molecule has 7 nitrogen and oxygen atoms in total. The van der Waals surface area contributed by atoms with E-state index >= 15 is 0 Å². The fourth-order valence-corrected chi connectivity index (χ4v) is 3.02. The number of aryl methyl sites for hydroxylation is 1. The minimum absolute atomic E-state index is 0.183. The Hall–Kier alpha value is -3.74. The number of aromatic nitrogens is 1. The zero-order chi connectivity index (χ0) is 20.2. The molecule has 2 N–H and O–H groups in total. The van der Waals surface area contributed by atoms with Crippen molar-refractivity contribution in [3.8, 4) is 5.75 Å². The van der Waals surface area contributed by atoms with Gasteiger partial charge in [0.15, 0.2) is 11.5 Å². The van der Waals surface area contributed by atoms with Crippen LogP contribution in [0.3, 0.4) is 0 Å². The van der Waals surface area contributed by atoms with Gasteiger partial charge >= 0.3 is 6.03 Å². The van der Waals surface area contributed by atoms with Crippen LogP contribution in [0.25, 0.3) is 11.1 Å². The van der Waals surface area contributed by atoms with Gasteiger partial charge in [0.2, 0.25) is 0 Å². The van der Waals surface area contributed by atoms with Gasteiger partial charge in [0.1, 0.15) is 17.0 Å². The van der Waals surface area contributed by atoms with Gasteiger partial charge in [0, 0.05) is 18.7 Å². The normalized spacial score (nSPS) is 10.9. The third kappa shape index (κ3) is 4.40. The van der Waals surface area contributed by atoms with E-state index in [0.29, 0.717) is 47.9 Å². The number of rotatable bonds is 6. The number of nitrogens with zero attached hydrogens (tertiary/aromatic N) is 2. The Labute approximate surface area is 167 Å². The van der Waals surface area contributed by atoms with E-state index in [1.54, 1.807) is 59.7 Å². The maximum absolute atomic E-state index is 13.0. The molecular weight excluding hydrogens is 370 g/mol. The number of fused-ring (bicyclic) bond motifs is 1. The average molecular weight is 391 g/mol. The lowest BCUT2D eigenvalue weighted by Gasteiger charge is -2.22. The van der Waals surface area contributed by atoms with Crippen molar-refractivity contribution in [2.45, 2.75) is 26.4 Å². The summed E-state index contributed by atoms with van der Waals surface area (Å²) in [6, 6.07) is 15.5. The summed E-state index contributed by atoms with van der Waals surface area (Å²) in [6.45, 7) is 2.65. The second kappa shape index (κ2) is 8.10. The summed E-state index contributed by atoms with van der Waals surface area (Å²) in [5.41, 5.74) is 2.92. The number of phenolic OH excluding ortho intramolecular Hbond substituents is 1. The first-order chi connectivity index (χ1) is 14.1. The standard InChI is InChI=1S/C22H21N3O4/c1-2-21-24-19-12-16(7-10-20(19)29-21)23-22(27)25(14-18-4-3-11-28-18)13-15-5-8-17(26)9-6-15/h3-12,26H,2,13-14H2,1H3,(H,23,27). The molecule has 0 spiro atoms. The number of nitrogens with one attached hydrogen (secondary N) is 1. The number of urea groups is 1. The van der Waals surface area contributed by atoms with Gasteiger partial charge in [-0.25, -0.2) is 9.78 Å². The summed E-state index contributed by atoms with van der Waals surface area (Å²) in [5, 5.41) is 12.4. The van der Waals surface area contributed by atoms with Crippen LogP contribution in [0.1, 0.15) is 24.1 Å². The van der Waals surface area contributed by atoms with E-state index in [1.807, 2.05) is 13.0 Å². The zero-order valence-corrected chi connectivity index (χ0v) is 16.0. The van der Waals surface area contributed by atoms with Gasteiger partial charge in [-0.1, -0.05) is 19.1 Å². The SMILES string of the molecule is CCc1nc2cc(NC(=O)N(Cc3ccc(O)cc3)Cc3ccco3)ccc2o1. The topological polar surface area (TPSA) is 91.7 Å². The lowest BCUT2D eigenvalue weighted by atomic mass is 10.2. The van der Waals surface area contributed by atoms with Crippen LogP contribution in [0.4, 0.5) is 10.5 Å². The van der Waals surface area contributed by atoms with Crippen molar-refractivity contribution in [1.29, 1.82) is 0 Å². The molecule has 0 atom stereocenters. The monoisotopic (exact) mass is 391 g/mol. The first-order valence-corrected chi connectivity index (χ1v) is 9.36. The Morgan fingerprint density at radius 2 is 1.97 bits per heavy atom. The lowest BCUT2D eigenvalue weighted by Crippen LogP contribution is -2.33. The number of phenols is 1. The summed E-state index contributed by atoms with van der Waals surface area (Å²) >= 11 is 0. The number of hydrogen-bond acceptors (Lipinski definition) is 5. The molecule has 7 heteroatoms. The highest BCUT2D eigenvalue weighted by Gasteiger charge is 2.17. The number of amides is 2. The van der Waals surface area contributed by atoms with Gasteiger partial charge in [-0.05, 0) is 48.0 Å². The number of hydrogen-bond donors (Lipinski definition) is 2. The third-order valence-corrected chi connectivity index (χ3v) is 4.51. The van der Waals surface area contributed by atoms with Crippen LogP contribution in [0.5, 0.6) is 5.75 Å². The van der Waals surface area contributed by atoms with E-state index in [2.05, 4.69) is 10.3 Å². The molecule has 4 rings (SSSR count). The number of aromatic hydroxyl groups is 1. The smallest absolute Gasteiger partial charge is 0.322 e. The largest absolute Gasteiger partial charge is 0.508 e. The molecule has 29 heavy (non-hydrogen) atoms. The predicted molar refractivity (Wildman–Crippen MR) is 108 cm³/mol. The predicted octanol–water partition coefficient (Wildman–Crippen LogP) is 4.92. The maximum atomic E-state index is 13.0. The van der Waals surface area contributed by atoms with E-state index in [4.69, 9.17) is 8.83 Å². The van der Waals surface area contributed by atoms with Crippen LogP contribution in [0.15, 0.2) is 69.7 Å². The number of furan rings is 1. The van der Waals surface area contributed by atoms with Crippen molar-refractivity contribution in [1.82, 2.24) is 9.88 Å². The zero-order valence-electron chi connectivity index (χ0n) is 16.0.